The summed E-state index contributed by atoms with van der Waals surface area (Å²) in [5.74, 6) is 2.38. The Morgan fingerprint density at radius 1 is 1.36 bits per heavy atom. The van der Waals surface area contributed by atoms with Crippen LogP contribution in [0, 0.1) is 0 Å². The van der Waals surface area contributed by atoms with Crippen molar-refractivity contribution in [3.63, 3.8) is 0 Å². The van der Waals surface area contributed by atoms with Gasteiger partial charge in [0.15, 0.2) is 5.96 Å². The molecule has 0 bridgehead atoms. The third-order valence-electron chi connectivity index (χ3n) is 5.10. The molecule has 150 valence electrons. The molecule has 0 radical (unpaired) electrons. The standard InChI is InChI=1S/C20H29N7O/c1-21-20(27-11-8-16(9-12-27)18-23-14-24-25-18)22-10-7-15-5-4-6-17(13-15)19(28)26(2)3/h4-6,13-14,16H,7-12H2,1-3H3,(H,21,22)(H,23,24,25). The van der Waals surface area contributed by atoms with Crippen molar-refractivity contribution in [1.29, 1.82) is 0 Å². The van der Waals surface area contributed by atoms with Crippen molar-refractivity contribution < 1.29 is 4.79 Å². The molecule has 0 saturated carbocycles. The van der Waals surface area contributed by atoms with Gasteiger partial charge < -0.3 is 15.1 Å². The zero-order chi connectivity index (χ0) is 19.9. The summed E-state index contributed by atoms with van der Waals surface area (Å²) in [6.45, 7) is 2.66. The maximum Gasteiger partial charge on any atom is 0.253 e. The molecule has 2 aromatic rings. The van der Waals surface area contributed by atoms with Gasteiger partial charge in [-0.2, -0.15) is 5.10 Å². The molecular weight excluding hydrogens is 354 g/mol. The number of rotatable bonds is 5. The van der Waals surface area contributed by atoms with Crippen LogP contribution in [0.4, 0.5) is 0 Å². The summed E-state index contributed by atoms with van der Waals surface area (Å²) in [4.78, 5) is 24.7. The van der Waals surface area contributed by atoms with Crippen LogP contribution in [-0.2, 0) is 6.42 Å². The topological polar surface area (TPSA) is 89.5 Å². The minimum absolute atomic E-state index is 0.0280. The highest BCUT2D eigenvalue weighted by Crippen LogP contribution is 2.24. The van der Waals surface area contributed by atoms with Crippen LogP contribution < -0.4 is 5.32 Å². The van der Waals surface area contributed by atoms with Crippen molar-refractivity contribution in [3.05, 3.63) is 47.5 Å². The molecule has 1 amide bonds. The number of carbonyl (C=O) groups is 1. The van der Waals surface area contributed by atoms with E-state index >= 15 is 0 Å². The van der Waals surface area contributed by atoms with Crippen LogP contribution in [0.2, 0.25) is 0 Å². The fourth-order valence-electron chi connectivity index (χ4n) is 3.55. The second kappa shape index (κ2) is 9.34. The van der Waals surface area contributed by atoms with E-state index in [1.807, 2.05) is 25.2 Å². The molecule has 1 aliphatic heterocycles. The molecule has 3 rings (SSSR count). The van der Waals surface area contributed by atoms with Crippen LogP contribution in [0.5, 0.6) is 0 Å². The molecule has 2 N–H and O–H groups in total. The average Bonchev–Trinajstić information content (AvgIpc) is 3.26. The molecular formula is C20H29N7O. The third kappa shape index (κ3) is 4.88. The first-order valence-corrected chi connectivity index (χ1v) is 9.70. The van der Waals surface area contributed by atoms with Gasteiger partial charge in [0.25, 0.3) is 5.91 Å². The second-order valence-corrected chi connectivity index (χ2v) is 7.26. The summed E-state index contributed by atoms with van der Waals surface area (Å²) in [7, 11) is 5.36. The first-order valence-electron chi connectivity index (χ1n) is 9.70. The van der Waals surface area contributed by atoms with Gasteiger partial charge in [-0.25, -0.2) is 4.98 Å². The van der Waals surface area contributed by atoms with Gasteiger partial charge in [0, 0.05) is 52.3 Å². The normalized spacial score (nSPS) is 15.5. The predicted octanol–water partition coefficient (Wildman–Crippen LogP) is 1.50. The quantitative estimate of drug-likeness (QED) is 0.603. The zero-order valence-electron chi connectivity index (χ0n) is 16.9. The van der Waals surface area contributed by atoms with Crippen LogP contribution in [0.1, 0.15) is 40.5 Å². The van der Waals surface area contributed by atoms with Crippen molar-refractivity contribution in [2.75, 3.05) is 40.8 Å². The summed E-state index contributed by atoms with van der Waals surface area (Å²) >= 11 is 0. The molecule has 1 saturated heterocycles. The van der Waals surface area contributed by atoms with Crippen molar-refractivity contribution in [2.24, 2.45) is 4.99 Å². The molecule has 1 aromatic carbocycles. The highest BCUT2D eigenvalue weighted by Gasteiger charge is 2.24. The van der Waals surface area contributed by atoms with Crippen LogP contribution in [0.15, 0.2) is 35.6 Å². The number of nitrogens with zero attached hydrogens (tertiary/aromatic N) is 5. The molecule has 0 spiro atoms. The number of guanidine groups is 1. The van der Waals surface area contributed by atoms with Gasteiger partial charge in [0.2, 0.25) is 0 Å². The molecule has 1 fully saturated rings. The van der Waals surface area contributed by atoms with Crippen molar-refractivity contribution in [3.8, 4) is 0 Å². The Balaban J connectivity index is 1.49. The molecule has 8 nitrogen and oxygen atoms in total. The van der Waals surface area contributed by atoms with Gasteiger partial charge >= 0.3 is 0 Å². The van der Waals surface area contributed by atoms with Crippen LogP contribution in [0.25, 0.3) is 0 Å². The molecule has 1 aromatic heterocycles. The Kier molecular flexibility index (Phi) is 6.62. The lowest BCUT2D eigenvalue weighted by Crippen LogP contribution is -2.45. The van der Waals surface area contributed by atoms with Crippen molar-refractivity contribution >= 4 is 11.9 Å². The van der Waals surface area contributed by atoms with Crippen LogP contribution in [-0.4, -0.2) is 77.6 Å². The number of aliphatic imine (C=N–C) groups is 1. The number of carbonyl (C=O) groups excluding carboxylic acids is 1. The maximum absolute atomic E-state index is 12.1. The Morgan fingerprint density at radius 2 is 2.14 bits per heavy atom. The SMILES string of the molecule is CN=C(NCCc1cccc(C(=O)N(C)C)c1)N1CCC(c2ncn[nH]2)CC1. The Bertz CT molecular complexity index is 793. The lowest BCUT2D eigenvalue weighted by atomic mass is 9.96. The molecule has 0 atom stereocenters. The van der Waals surface area contributed by atoms with Crippen LogP contribution >= 0.6 is 0 Å². The van der Waals surface area contributed by atoms with Crippen molar-refractivity contribution in [1.82, 2.24) is 30.3 Å². The van der Waals surface area contributed by atoms with E-state index in [1.165, 1.54) is 0 Å². The summed E-state index contributed by atoms with van der Waals surface area (Å²) in [5.41, 5.74) is 1.86. The second-order valence-electron chi connectivity index (χ2n) is 7.26. The molecule has 0 unspecified atom stereocenters. The van der Waals surface area contributed by atoms with Crippen LogP contribution in [0.3, 0.4) is 0 Å². The van der Waals surface area contributed by atoms with E-state index in [0.29, 0.717) is 5.92 Å². The minimum atomic E-state index is 0.0280. The third-order valence-corrected chi connectivity index (χ3v) is 5.10. The molecule has 1 aliphatic rings. The summed E-state index contributed by atoms with van der Waals surface area (Å²) < 4.78 is 0. The first-order chi connectivity index (χ1) is 13.6. The first kappa shape index (κ1) is 19.9. The van der Waals surface area contributed by atoms with E-state index in [4.69, 9.17) is 0 Å². The van der Waals surface area contributed by atoms with E-state index < -0.39 is 0 Å². The van der Waals surface area contributed by atoms with E-state index in [-0.39, 0.29) is 5.91 Å². The smallest absolute Gasteiger partial charge is 0.253 e. The minimum Gasteiger partial charge on any atom is -0.356 e. The van der Waals surface area contributed by atoms with Gasteiger partial charge in [-0.3, -0.25) is 14.9 Å². The summed E-state index contributed by atoms with van der Waals surface area (Å²) in [5, 5.41) is 10.4. The van der Waals surface area contributed by atoms with E-state index in [0.717, 1.165) is 61.8 Å². The number of H-pyrrole nitrogens is 1. The van der Waals surface area contributed by atoms with Gasteiger partial charge in [0.1, 0.15) is 12.2 Å². The monoisotopic (exact) mass is 383 g/mol. The molecule has 28 heavy (non-hydrogen) atoms. The van der Waals surface area contributed by atoms with Gasteiger partial charge in [-0.15, -0.1) is 0 Å². The number of nitrogens with one attached hydrogen (secondary N) is 2. The van der Waals surface area contributed by atoms with Gasteiger partial charge in [-0.05, 0) is 37.0 Å². The lowest BCUT2D eigenvalue weighted by Gasteiger charge is -2.33. The number of benzene rings is 1. The van der Waals surface area contributed by atoms with Gasteiger partial charge in [0.05, 0.1) is 0 Å². The number of amides is 1. The fourth-order valence-corrected chi connectivity index (χ4v) is 3.55. The number of piperidine rings is 1. The Hall–Kier alpha value is -2.90. The summed E-state index contributed by atoms with van der Waals surface area (Å²) in [6.07, 6.45) is 4.47. The maximum atomic E-state index is 12.1. The molecule has 2 heterocycles. The lowest BCUT2D eigenvalue weighted by molar-refractivity contribution is 0.0827. The molecule has 8 heteroatoms. The highest BCUT2D eigenvalue weighted by atomic mass is 16.2. The predicted molar refractivity (Wildman–Crippen MR) is 109 cm³/mol. The highest BCUT2D eigenvalue weighted by molar-refractivity contribution is 5.94. The van der Waals surface area contributed by atoms with E-state index in [1.54, 1.807) is 25.3 Å². The number of aromatic amines is 1. The van der Waals surface area contributed by atoms with Crippen molar-refractivity contribution in [2.45, 2.75) is 25.2 Å². The number of aromatic nitrogens is 3. The Morgan fingerprint density at radius 3 is 2.79 bits per heavy atom. The van der Waals surface area contributed by atoms with E-state index in [9.17, 15) is 4.79 Å². The Labute approximate surface area is 166 Å². The summed E-state index contributed by atoms with van der Waals surface area (Å²) in [6, 6.07) is 7.82. The molecule has 0 aliphatic carbocycles. The largest absolute Gasteiger partial charge is 0.356 e. The number of hydrogen-bond acceptors (Lipinski definition) is 4. The van der Waals surface area contributed by atoms with Gasteiger partial charge in [-0.1, -0.05) is 12.1 Å². The van der Waals surface area contributed by atoms with E-state index in [2.05, 4.69) is 36.5 Å². The fraction of sp³-hybridized carbons (Fsp3) is 0.500. The average molecular weight is 384 g/mol. The number of likely N-dealkylation sites (tertiary alicyclic amines) is 1. The number of hydrogen-bond donors (Lipinski definition) is 2. The zero-order valence-corrected chi connectivity index (χ0v) is 16.9.